The average Bonchev–Trinajstić information content (AvgIpc) is 3.25. The largest absolute Gasteiger partial charge is 0.364 e. The Hall–Kier alpha value is -3.99. The molecule has 0 spiro atoms. The molecule has 1 N–H and O–H groups in total. The van der Waals surface area contributed by atoms with E-state index in [9.17, 15) is 4.79 Å². The molecule has 4 aromatic rings. The van der Waals surface area contributed by atoms with Crippen LogP contribution in [0.3, 0.4) is 0 Å². The van der Waals surface area contributed by atoms with Crippen LogP contribution in [-0.4, -0.2) is 32.2 Å². The quantitative estimate of drug-likeness (QED) is 0.438. The van der Waals surface area contributed by atoms with Crippen molar-refractivity contribution in [2.45, 2.75) is 20.4 Å². The Morgan fingerprint density at radius 3 is 2.53 bits per heavy atom. The summed E-state index contributed by atoms with van der Waals surface area (Å²) in [5.41, 5.74) is 8.60. The van der Waals surface area contributed by atoms with Crippen LogP contribution in [0.2, 0.25) is 0 Å². The molecule has 3 heterocycles. The number of carbonyl (C=O) groups excluding carboxylic acids is 1. The molecule has 5 heteroatoms. The van der Waals surface area contributed by atoms with Gasteiger partial charge in [-0.15, -0.1) is 0 Å². The Labute approximate surface area is 187 Å². The third-order valence-corrected chi connectivity index (χ3v) is 5.94. The molecular weight excluding hydrogens is 396 g/mol. The third kappa shape index (κ3) is 3.97. The predicted molar refractivity (Wildman–Crippen MR) is 127 cm³/mol. The molecule has 5 nitrogen and oxygen atoms in total. The highest BCUT2D eigenvalue weighted by atomic mass is 16.1. The second kappa shape index (κ2) is 8.27. The van der Waals surface area contributed by atoms with Crippen molar-refractivity contribution >= 4 is 11.9 Å². The summed E-state index contributed by atoms with van der Waals surface area (Å²) in [4.78, 5) is 26.7. The SMILES string of the molecule is Cc1ccc(-c2ccc(-c3nc4c([nH]3)C=CN(CC(=O)c3cccnc3)C4)cc2)cc1C. The zero-order valence-electron chi connectivity index (χ0n) is 18.2. The topological polar surface area (TPSA) is 61.9 Å². The Morgan fingerprint density at radius 1 is 1.00 bits per heavy atom. The minimum Gasteiger partial charge on any atom is -0.364 e. The van der Waals surface area contributed by atoms with Crippen molar-refractivity contribution in [3.8, 4) is 22.5 Å². The zero-order chi connectivity index (χ0) is 22.1. The van der Waals surface area contributed by atoms with Crippen LogP contribution in [0.15, 0.2) is 73.2 Å². The van der Waals surface area contributed by atoms with Gasteiger partial charge in [-0.3, -0.25) is 9.78 Å². The van der Waals surface area contributed by atoms with Crippen LogP contribution in [-0.2, 0) is 6.54 Å². The van der Waals surface area contributed by atoms with Crippen LogP contribution in [0.4, 0.5) is 0 Å². The van der Waals surface area contributed by atoms with Gasteiger partial charge in [0.2, 0.25) is 0 Å². The maximum Gasteiger partial charge on any atom is 0.183 e. The first-order valence-corrected chi connectivity index (χ1v) is 10.7. The van der Waals surface area contributed by atoms with Gasteiger partial charge in [0.25, 0.3) is 0 Å². The fourth-order valence-electron chi connectivity index (χ4n) is 3.90. The van der Waals surface area contributed by atoms with Crippen molar-refractivity contribution in [1.82, 2.24) is 19.9 Å². The molecule has 32 heavy (non-hydrogen) atoms. The van der Waals surface area contributed by atoms with Gasteiger partial charge in [-0.2, -0.15) is 0 Å². The Bertz CT molecular complexity index is 1300. The number of nitrogens with one attached hydrogen (secondary N) is 1. The second-order valence-electron chi connectivity index (χ2n) is 8.21. The molecule has 0 amide bonds. The average molecular weight is 421 g/mol. The molecule has 2 aromatic carbocycles. The monoisotopic (exact) mass is 420 g/mol. The van der Waals surface area contributed by atoms with Gasteiger partial charge in [0.05, 0.1) is 24.5 Å². The number of carbonyl (C=O) groups is 1. The summed E-state index contributed by atoms with van der Waals surface area (Å²) in [5.74, 6) is 0.885. The highest BCUT2D eigenvalue weighted by Crippen LogP contribution is 2.27. The van der Waals surface area contributed by atoms with Crippen molar-refractivity contribution in [3.05, 3.63) is 101 Å². The summed E-state index contributed by atoms with van der Waals surface area (Å²) in [6.07, 6.45) is 7.20. The summed E-state index contributed by atoms with van der Waals surface area (Å²) in [6, 6.07) is 18.6. The molecule has 0 unspecified atom stereocenters. The minimum atomic E-state index is 0.0453. The summed E-state index contributed by atoms with van der Waals surface area (Å²) in [7, 11) is 0. The molecule has 0 aliphatic carbocycles. The first-order valence-electron chi connectivity index (χ1n) is 10.7. The van der Waals surface area contributed by atoms with Gasteiger partial charge in [0.1, 0.15) is 5.82 Å². The minimum absolute atomic E-state index is 0.0453. The highest BCUT2D eigenvalue weighted by molar-refractivity contribution is 5.97. The maximum atomic E-state index is 12.5. The molecule has 0 fully saturated rings. The van der Waals surface area contributed by atoms with Gasteiger partial charge in [-0.1, -0.05) is 42.5 Å². The van der Waals surface area contributed by atoms with E-state index in [1.165, 1.54) is 22.3 Å². The van der Waals surface area contributed by atoms with E-state index in [1.807, 2.05) is 17.2 Å². The van der Waals surface area contributed by atoms with Gasteiger partial charge in [-0.05, 0) is 54.3 Å². The van der Waals surface area contributed by atoms with Gasteiger partial charge in [0.15, 0.2) is 5.78 Å². The number of hydrogen-bond donors (Lipinski definition) is 1. The molecule has 0 saturated heterocycles. The molecule has 0 atom stereocenters. The number of aromatic nitrogens is 3. The van der Waals surface area contributed by atoms with Crippen LogP contribution in [0.25, 0.3) is 28.6 Å². The van der Waals surface area contributed by atoms with Crippen LogP contribution in [0, 0.1) is 13.8 Å². The van der Waals surface area contributed by atoms with E-state index < -0.39 is 0 Å². The number of H-pyrrole nitrogens is 1. The number of rotatable bonds is 5. The van der Waals surface area contributed by atoms with E-state index in [0.29, 0.717) is 18.7 Å². The number of ketones is 1. The molecule has 5 rings (SSSR count). The van der Waals surface area contributed by atoms with Crippen LogP contribution in [0.1, 0.15) is 32.9 Å². The van der Waals surface area contributed by atoms with Gasteiger partial charge < -0.3 is 9.88 Å². The number of nitrogens with zero attached hydrogens (tertiary/aromatic N) is 3. The molecule has 0 saturated carbocycles. The smallest absolute Gasteiger partial charge is 0.183 e. The summed E-state index contributed by atoms with van der Waals surface area (Å²) < 4.78 is 0. The van der Waals surface area contributed by atoms with Gasteiger partial charge in [0, 0.05) is 29.7 Å². The molecule has 1 aliphatic rings. The zero-order valence-corrected chi connectivity index (χ0v) is 18.2. The lowest BCUT2D eigenvalue weighted by Crippen LogP contribution is -2.26. The maximum absolute atomic E-state index is 12.5. The number of hydrogen-bond acceptors (Lipinski definition) is 4. The highest BCUT2D eigenvalue weighted by Gasteiger charge is 2.18. The van der Waals surface area contributed by atoms with Crippen molar-refractivity contribution in [3.63, 3.8) is 0 Å². The van der Waals surface area contributed by atoms with E-state index in [2.05, 4.69) is 66.3 Å². The van der Waals surface area contributed by atoms with E-state index >= 15 is 0 Å². The van der Waals surface area contributed by atoms with Crippen molar-refractivity contribution in [1.29, 1.82) is 0 Å². The van der Waals surface area contributed by atoms with E-state index in [-0.39, 0.29) is 5.78 Å². The van der Waals surface area contributed by atoms with E-state index in [1.54, 1.807) is 24.5 Å². The fourth-order valence-corrected chi connectivity index (χ4v) is 3.90. The lowest BCUT2D eigenvalue weighted by molar-refractivity contribution is 0.0952. The number of benzene rings is 2. The number of fused-ring (bicyclic) bond motifs is 1. The van der Waals surface area contributed by atoms with Crippen LogP contribution >= 0.6 is 0 Å². The summed E-state index contributed by atoms with van der Waals surface area (Å²) >= 11 is 0. The number of aryl methyl sites for hydroxylation is 2. The molecule has 0 radical (unpaired) electrons. The lowest BCUT2D eigenvalue weighted by atomic mass is 9.99. The van der Waals surface area contributed by atoms with Crippen LogP contribution < -0.4 is 0 Å². The number of pyridine rings is 1. The number of imidazole rings is 1. The normalized spacial score (nSPS) is 12.6. The fraction of sp³-hybridized carbons (Fsp3) is 0.148. The number of Topliss-reactive ketones (excluding diaryl/α,β-unsaturated/α-hetero) is 1. The molecule has 2 aromatic heterocycles. The van der Waals surface area contributed by atoms with Crippen molar-refractivity contribution < 1.29 is 4.79 Å². The molecule has 158 valence electrons. The van der Waals surface area contributed by atoms with Gasteiger partial charge >= 0.3 is 0 Å². The lowest BCUT2D eigenvalue weighted by Gasteiger charge is -2.21. The summed E-state index contributed by atoms with van der Waals surface area (Å²) in [5, 5.41) is 0. The Balaban J connectivity index is 1.31. The van der Waals surface area contributed by atoms with Crippen molar-refractivity contribution in [2.24, 2.45) is 0 Å². The standard InChI is InChI=1S/C27H24N4O/c1-18-5-6-22(14-19(18)2)20-7-9-21(10-8-20)27-29-24-11-13-31(16-25(24)30-27)17-26(32)23-4-3-12-28-15-23/h3-15H,16-17H2,1-2H3,(H,29,30). The Kier molecular flexibility index (Phi) is 5.15. The molecule has 1 aliphatic heterocycles. The van der Waals surface area contributed by atoms with Crippen molar-refractivity contribution in [2.75, 3.05) is 6.54 Å². The molecular formula is C27H24N4O. The first kappa shape index (κ1) is 19.9. The third-order valence-electron chi connectivity index (χ3n) is 5.94. The summed E-state index contributed by atoms with van der Waals surface area (Å²) in [6.45, 7) is 5.16. The van der Waals surface area contributed by atoms with E-state index in [4.69, 9.17) is 4.98 Å². The predicted octanol–water partition coefficient (Wildman–Crippen LogP) is 5.42. The van der Waals surface area contributed by atoms with Crippen LogP contribution in [0.5, 0.6) is 0 Å². The number of aromatic amines is 1. The Morgan fingerprint density at radius 2 is 1.78 bits per heavy atom. The second-order valence-corrected chi connectivity index (χ2v) is 8.21. The van der Waals surface area contributed by atoms with E-state index in [0.717, 1.165) is 22.8 Å². The first-order chi connectivity index (χ1) is 15.6. The molecule has 0 bridgehead atoms. The van der Waals surface area contributed by atoms with Gasteiger partial charge in [-0.25, -0.2) is 4.98 Å².